The van der Waals surface area contributed by atoms with Gasteiger partial charge in [0, 0.05) is 31.4 Å². The van der Waals surface area contributed by atoms with Gasteiger partial charge in [-0.3, -0.25) is 9.56 Å². The van der Waals surface area contributed by atoms with Crippen LogP contribution in [0.15, 0.2) is 23.3 Å². The minimum Gasteiger partial charge on any atom is -0.361 e. The van der Waals surface area contributed by atoms with Crippen LogP contribution in [0.25, 0.3) is 11.0 Å². The van der Waals surface area contributed by atoms with Crippen molar-refractivity contribution >= 4 is 36.4 Å². The van der Waals surface area contributed by atoms with Crippen molar-refractivity contribution in [2.75, 3.05) is 26.6 Å². The number of fused-ring (bicyclic) bond motifs is 1. The van der Waals surface area contributed by atoms with E-state index in [2.05, 4.69) is 25.6 Å². The molecule has 2 atom stereocenters. The number of halogens is 1. The summed E-state index contributed by atoms with van der Waals surface area (Å²) >= 11 is 6.38. The van der Waals surface area contributed by atoms with E-state index >= 15 is 0 Å². The molecule has 10 heteroatoms. The van der Waals surface area contributed by atoms with Crippen LogP contribution < -0.4 is 0 Å². The third-order valence-electron chi connectivity index (χ3n) is 4.51. The van der Waals surface area contributed by atoms with Gasteiger partial charge >= 0.3 is 7.60 Å². The number of hydrogen-bond acceptors (Lipinski definition) is 7. The van der Waals surface area contributed by atoms with Crippen molar-refractivity contribution in [3.63, 3.8) is 0 Å². The van der Waals surface area contributed by atoms with E-state index in [1.165, 1.54) is 0 Å². The van der Waals surface area contributed by atoms with Gasteiger partial charge in [0.15, 0.2) is 0 Å². The SMILES string of the molecule is CCOP(=O)(CO[C@@H]1C=C[C@H](n2cc(/C=N/C)c3c(Cl)nc(C)nc32)C1)OCC. The molecule has 0 saturated carbocycles. The predicted molar refractivity (Wildman–Crippen MR) is 114 cm³/mol. The van der Waals surface area contributed by atoms with Gasteiger partial charge in [-0.25, -0.2) is 9.97 Å². The fraction of sp³-hybridized carbons (Fsp3) is 0.526. The van der Waals surface area contributed by atoms with Crippen LogP contribution in [-0.2, 0) is 18.3 Å². The van der Waals surface area contributed by atoms with Gasteiger partial charge in [0.2, 0.25) is 0 Å². The number of aromatic nitrogens is 3. The van der Waals surface area contributed by atoms with Crippen LogP contribution in [0.3, 0.4) is 0 Å². The Labute approximate surface area is 175 Å². The first-order valence-electron chi connectivity index (χ1n) is 9.55. The molecule has 2 aromatic rings. The third kappa shape index (κ3) is 4.95. The average molecular weight is 441 g/mol. The standard InChI is InChI=1S/C19H26ClN4O4P/c1-5-27-29(25,28-6-2)12-26-16-8-7-15(9-16)24-11-14(10-21-4)17-18(20)22-13(3)23-19(17)24/h7-8,10-11,15-16H,5-6,9,12H2,1-4H3/b21-10+/t15-,16+/m0/s1. The molecule has 29 heavy (non-hydrogen) atoms. The third-order valence-corrected chi connectivity index (χ3v) is 6.56. The molecule has 1 aliphatic rings. The molecule has 2 aromatic heterocycles. The van der Waals surface area contributed by atoms with Crippen LogP contribution in [-0.4, -0.2) is 53.5 Å². The van der Waals surface area contributed by atoms with Gasteiger partial charge in [-0.2, -0.15) is 0 Å². The Hall–Kier alpha value is -1.57. The number of rotatable bonds is 9. The van der Waals surface area contributed by atoms with Crippen molar-refractivity contribution in [1.29, 1.82) is 0 Å². The number of aryl methyl sites for hydroxylation is 1. The molecule has 0 saturated heterocycles. The summed E-state index contributed by atoms with van der Waals surface area (Å²) in [5, 5.41) is 1.18. The van der Waals surface area contributed by atoms with Crippen LogP contribution in [0.5, 0.6) is 0 Å². The van der Waals surface area contributed by atoms with Crippen LogP contribution >= 0.6 is 19.2 Å². The zero-order valence-corrected chi connectivity index (χ0v) is 18.7. The molecule has 1 aliphatic carbocycles. The summed E-state index contributed by atoms with van der Waals surface area (Å²) in [5.41, 5.74) is 1.62. The molecular formula is C19H26ClN4O4P. The van der Waals surface area contributed by atoms with Crippen molar-refractivity contribution in [2.24, 2.45) is 4.99 Å². The van der Waals surface area contributed by atoms with E-state index in [-0.39, 0.29) is 18.5 Å². The quantitative estimate of drug-likeness (QED) is 0.246. The fourth-order valence-electron chi connectivity index (χ4n) is 3.39. The molecule has 158 valence electrons. The van der Waals surface area contributed by atoms with Crippen molar-refractivity contribution in [2.45, 2.75) is 39.3 Å². The number of ether oxygens (including phenoxy) is 1. The zero-order valence-electron chi connectivity index (χ0n) is 17.0. The highest BCUT2D eigenvalue weighted by Gasteiger charge is 2.29. The molecule has 0 amide bonds. The summed E-state index contributed by atoms with van der Waals surface area (Å²) in [6, 6.07) is 0.0189. The van der Waals surface area contributed by atoms with Crippen LogP contribution in [0.2, 0.25) is 5.15 Å². The highest BCUT2D eigenvalue weighted by atomic mass is 35.5. The number of allylic oxidation sites excluding steroid dienone is 1. The fourth-order valence-corrected chi connectivity index (χ4v) is 5.09. The predicted octanol–water partition coefficient (Wildman–Crippen LogP) is 4.55. The topological polar surface area (TPSA) is 87.8 Å². The maximum Gasteiger partial charge on any atom is 0.356 e. The van der Waals surface area contributed by atoms with Gasteiger partial charge in [0.1, 0.15) is 23.0 Å². The van der Waals surface area contributed by atoms with Crippen molar-refractivity contribution in [1.82, 2.24) is 14.5 Å². The molecule has 3 rings (SSSR count). The lowest BCUT2D eigenvalue weighted by molar-refractivity contribution is 0.0898. The van der Waals surface area contributed by atoms with E-state index in [0.717, 1.165) is 16.6 Å². The molecule has 0 fully saturated rings. The molecule has 0 spiro atoms. The van der Waals surface area contributed by atoms with E-state index in [4.69, 9.17) is 25.4 Å². The molecule has 0 aliphatic heterocycles. The minimum absolute atomic E-state index is 0.0189. The van der Waals surface area contributed by atoms with E-state index in [0.29, 0.717) is 30.6 Å². The van der Waals surface area contributed by atoms with Gasteiger partial charge in [0.25, 0.3) is 0 Å². The Morgan fingerprint density at radius 3 is 2.69 bits per heavy atom. The van der Waals surface area contributed by atoms with E-state index in [1.807, 2.05) is 19.2 Å². The highest BCUT2D eigenvalue weighted by molar-refractivity contribution is 7.53. The van der Waals surface area contributed by atoms with Crippen LogP contribution in [0.1, 0.15) is 37.7 Å². The summed E-state index contributed by atoms with van der Waals surface area (Å²) in [5.74, 6) is 0.603. The van der Waals surface area contributed by atoms with E-state index in [9.17, 15) is 4.57 Å². The first-order chi connectivity index (χ1) is 13.9. The Kier molecular flexibility index (Phi) is 7.24. The second-order valence-electron chi connectivity index (χ2n) is 6.61. The maximum atomic E-state index is 12.6. The summed E-state index contributed by atoms with van der Waals surface area (Å²) in [6.45, 7) is 5.98. The zero-order chi connectivity index (χ0) is 21.0. The monoisotopic (exact) mass is 440 g/mol. The first kappa shape index (κ1) is 22.1. The highest BCUT2D eigenvalue weighted by Crippen LogP contribution is 2.48. The Bertz CT molecular complexity index is 965. The van der Waals surface area contributed by atoms with Crippen molar-refractivity contribution in [3.8, 4) is 0 Å². The summed E-state index contributed by atoms with van der Waals surface area (Å²) < 4.78 is 31.1. The van der Waals surface area contributed by atoms with Gasteiger partial charge in [-0.15, -0.1) is 0 Å². The molecule has 0 radical (unpaired) electrons. The van der Waals surface area contributed by atoms with E-state index in [1.54, 1.807) is 27.1 Å². The summed E-state index contributed by atoms with van der Waals surface area (Å²) in [6.07, 6.45) is 8.12. The Morgan fingerprint density at radius 2 is 2.03 bits per heavy atom. The molecule has 0 aromatic carbocycles. The molecule has 8 nitrogen and oxygen atoms in total. The molecule has 0 N–H and O–H groups in total. The lowest BCUT2D eigenvalue weighted by Crippen LogP contribution is -2.14. The van der Waals surface area contributed by atoms with Gasteiger partial charge in [-0.05, 0) is 20.8 Å². The second kappa shape index (κ2) is 9.49. The number of hydrogen-bond donors (Lipinski definition) is 0. The number of aliphatic imine (C=N–C) groups is 1. The second-order valence-corrected chi connectivity index (χ2v) is 8.96. The molecule has 0 bridgehead atoms. The molecule has 0 unspecified atom stereocenters. The van der Waals surface area contributed by atoms with Gasteiger partial charge in [-0.1, -0.05) is 23.8 Å². The molecule has 2 heterocycles. The summed E-state index contributed by atoms with van der Waals surface area (Å²) in [4.78, 5) is 13.0. The normalized spacial score (nSPS) is 19.8. The van der Waals surface area contributed by atoms with Crippen LogP contribution in [0, 0.1) is 6.92 Å². The minimum atomic E-state index is -3.24. The largest absolute Gasteiger partial charge is 0.361 e. The average Bonchev–Trinajstić information content (AvgIpc) is 3.26. The van der Waals surface area contributed by atoms with Crippen LogP contribution in [0.4, 0.5) is 0 Å². The van der Waals surface area contributed by atoms with Crippen molar-refractivity contribution in [3.05, 3.63) is 34.9 Å². The Morgan fingerprint density at radius 1 is 1.31 bits per heavy atom. The van der Waals surface area contributed by atoms with E-state index < -0.39 is 7.60 Å². The Balaban J connectivity index is 1.79. The van der Waals surface area contributed by atoms with Gasteiger partial charge < -0.3 is 18.4 Å². The lowest BCUT2D eigenvalue weighted by Gasteiger charge is -2.20. The smallest absolute Gasteiger partial charge is 0.356 e. The van der Waals surface area contributed by atoms with Crippen molar-refractivity contribution < 1.29 is 18.3 Å². The van der Waals surface area contributed by atoms with Gasteiger partial charge in [0.05, 0.1) is 30.7 Å². The summed E-state index contributed by atoms with van der Waals surface area (Å²) in [7, 11) is -1.53. The first-order valence-corrected chi connectivity index (χ1v) is 11.7. The molecular weight excluding hydrogens is 415 g/mol. The lowest BCUT2D eigenvalue weighted by atomic mass is 10.2. The number of nitrogens with zero attached hydrogens (tertiary/aromatic N) is 4. The maximum absolute atomic E-state index is 12.6.